The number of anilines is 1. The van der Waals surface area contributed by atoms with Gasteiger partial charge in [-0.15, -0.1) is 0 Å². The van der Waals surface area contributed by atoms with Gasteiger partial charge in [-0.1, -0.05) is 18.2 Å². The highest BCUT2D eigenvalue weighted by Gasteiger charge is 2.39. The maximum atomic E-state index is 12.4. The van der Waals surface area contributed by atoms with Crippen molar-refractivity contribution < 1.29 is 9.59 Å². The minimum absolute atomic E-state index is 0.0693. The van der Waals surface area contributed by atoms with Gasteiger partial charge in [0, 0.05) is 37.3 Å². The van der Waals surface area contributed by atoms with Crippen LogP contribution in [0.25, 0.3) is 0 Å². The second kappa shape index (κ2) is 5.64. The van der Waals surface area contributed by atoms with Gasteiger partial charge in [0.25, 0.3) is 11.3 Å². The zero-order chi connectivity index (χ0) is 17.8. The molecule has 3 aliphatic rings. The number of hydrogen-bond donors (Lipinski definition) is 0. The van der Waals surface area contributed by atoms with E-state index in [0.717, 1.165) is 31.7 Å². The lowest BCUT2D eigenvalue weighted by molar-refractivity contribution is -0.114. The summed E-state index contributed by atoms with van der Waals surface area (Å²) in [6.07, 6.45) is 1.07. The van der Waals surface area contributed by atoms with Crippen molar-refractivity contribution in [1.29, 1.82) is 0 Å². The number of amides is 1. The molecule has 2 atom stereocenters. The van der Waals surface area contributed by atoms with Gasteiger partial charge in [-0.05, 0) is 30.5 Å². The molecule has 1 aromatic heterocycles. The van der Waals surface area contributed by atoms with Gasteiger partial charge in [0.15, 0.2) is 0 Å². The number of carbonyl (C=O) groups excluding carboxylic acids is 2. The van der Waals surface area contributed by atoms with Crippen LogP contribution < -0.4 is 10.5 Å². The van der Waals surface area contributed by atoms with Crippen molar-refractivity contribution in [1.82, 2.24) is 9.47 Å². The van der Waals surface area contributed by atoms with Gasteiger partial charge >= 0.3 is 5.91 Å². The quantitative estimate of drug-likeness (QED) is 0.770. The maximum absolute atomic E-state index is 12.4. The van der Waals surface area contributed by atoms with E-state index in [-0.39, 0.29) is 5.56 Å². The Bertz CT molecular complexity index is 980. The summed E-state index contributed by atoms with van der Waals surface area (Å²) in [5.74, 6) is -0.182. The molecule has 6 heteroatoms. The summed E-state index contributed by atoms with van der Waals surface area (Å²) in [7, 11) is 0. The normalized spacial score (nSPS) is 24.5. The van der Waals surface area contributed by atoms with Crippen molar-refractivity contribution in [2.24, 2.45) is 5.92 Å². The van der Waals surface area contributed by atoms with Crippen LogP contribution in [0.1, 0.15) is 28.4 Å². The van der Waals surface area contributed by atoms with Crippen LogP contribution in [0.15, 0.2) is 47.3 Å². The number of nitrogens with zero attached hydrogens (tertiary/aromatic N) is 3. The smallest absolute Gasteiger partial charge is 0.300 e. The predicted octanol–water partition coefficient (Wildman–Crippen LogP) is 1.45. The molecular formula is C20H19N3O3. The zero-order valence-electron chi connectivity index (χ0n) is 14.3. The molecule has 3 aliphatic heterocycles. The molecule has 1 fully saturated rings. The first-order valence-electron chi connectivity index (χ1n) is 8.99. The molecule has 5 rings (SSSR count). The van der Waals surface area contributed by atoms with E-state index in [1.165, 1.54) is 0 Å². The lowest BCUT2D eigenvalue weighted by Crippen LogP contribution is -2.51. The molecular weight excluding hydrogens is 330 g/mol. The molecule has 1 aromatic carbocycles. The third kappa shape index (κ3) is 2.25. The minimum atomic E-state index is -0.446. The summed E-state index contributed by atoms with van der Waals surface area (Å²) in [5, 5.41) is 0. The number of fused-ring (bicyclic) bond motifs is 5. The third-order valence-corrected chi connectivity index (χ3v) is 5.78. The van der Waals surface area contributed by atoms with Crippen LogP contribution >= 0.6 is 0 Å². The Morgan fingerprint density at radius 3 is 2.65 bits per heavy atom. The second-order valence-corrected chi connectivity index (χ2v) is 7.45. The van der Waals surface area contributed by atoms with E-state index < -0.39 is 11.7 Å². The Balaban J connectivity index is 1.42. The van der Waals surface area contributed by atoms with Crippen molar-refractivity contribution in [2.45, 2.75) is 18.9 Å². The minimum Gasteiger partial charge on any atom is -0.312 e. The van der Waals surface area contributed by atoms with Crippen LogP contribution in [0.3, 0.4) is 0 Å². The summed E-state index contributed by atoms with van der Waals surface area (Å²) < 4.78 is 1.90. The molecule has 0 saturated carbocycles. The topological polar surface area (TPSA) is 62.6 Å². The Kier molecular flexibility index (Phi) is 3.37. The SMILES string of the molecule is O=C1C(=O)N(CN2CC3CC(C2)c2cccc(=O)n2C3)c2ccccc21. The first-order valence-corrected chi connectivity index (χ1v) is 8.99. The number of likely N-dealkylation sites (tertiary alicyclic amines) is 1. The maximum Gasteiger partial charge on any atom is 0.300 e. The summed E-state index contributed by atoms with van der Waals surface area (Å²) in [5.41, 5.74) is 2.35. The summed E-state index contributed by atoms with van der Waals surface area (Å²) >= 11 is 0. The Labute approximate surface area is 150 Å². The van der Waals surface area contributed by atoms with E-state index >= 15 is 0 Å². The average Bonchev–Trinajstić information content (AvgIpc) is 2.88. The highest BCUT2D eigenvalue weighted by Crippen LogP contribution is 2.36. The molecule has 4 heterocycles. The highest BCUT2D eigenvalue weighted by molar-refractivity contribution is 6.52. The molecule has 2 aromatic rings. The molecule has 132 valence electrons. The van der Waals surface area contributed by atoms with E-state index in [1.54, 1.807) is 23.1 Å². The molecule has 2 unspecified atom stereocenters. The van der Waals surface area contributed by atoms with Gasteiger partial charge in [-0.3, -0.25) is 24.2 Å². The molecule has 2 bridgehead atoms. The predicted molar refractivity (Wildman–Crippen MR) is 96.2 cm³/mol. The van der Waals surface area contributed by atoms with Gasteiger partial charge in [0.05, 0.1) is 17.9 Å². The van der Waals surface area contributed by atoms with E-state index in [4.69, 9.17) is 0 Å². The van der Waals surface area contributed by atoms with Gasteiger partial charge < -0.3 is 4.57 Å². The van der Waals surface area contributed by atoms with Crippen LogP contribution in [0.4, 0.5) is 5.69 Å². The standard InChI is InChI=1S/C20H19N3O3/c24-18-7-3-6-16-14-8-13(10-22(16)18)9-21(11-14)12-23-17-5-2-1-4-15(17)19(25)20(23)26/h1-7,13-14H,8-12H2. The number of para-hydroxylation sites is 1. The van der Waals surface area contributed by atoms with Gasteiger partial charge in [-0.2, -0.15) is 0 Å². The van der Waals surface area contributed by atoms with E-state index in [9.17, 15) is 14.4 Å². The fourth-order valence-corrected chi connectivity index (χ4v) is 4.70. The van der Waals surface area contributed by atoms with Crippen molar-refractivity contribution in [2.75, 3.05) is 24.7 Å². The number of pyridine rings is 1. The fourth-order valence-electron chi connectivity index (χ4n) is 4.70. The molecule has 1 saturated heterocycles. The Morgan fingerprint density at radius 1 is 0.923 bits per heavy atom. The number of aromatic nitrogens is 1. The van der Waals surface area contributed by atoms with Crippen LogP contribution in [0.2, 0.25) is 0 Å². The Hall–Kier alpha value is -2.73. The summed E-state index contributed by atoms with van der Waals surface area (Å²) in [6, 6.07) is 12.7. The number of ketones is 1. The van der Waals surface area contributed by atoms with Crippen molar-refractivity contribution >= 4 is 17.4 Å². The molecule has 0 spiro atoms. The number of hydrogen-bond acceptors (Lipinski definition) is 4. The van der Waals surface area contributed by atoms with E-state index in [1.807, 2.05) is 28.8 Å². The van der Waals surface area contributed by atoms with Gasteiger partial charge in [0.2, 0.25) is 0 Å². The third-order valence-electron chi connectivity index (χ3n) is 5.78. The molecule has 1 amide bonds. The number of carbonyl (C=O) groups is 2. The average molecular weight is 349 g/mol. The van der Waals surface area contributed by atoms with Gasteiger partial charge in [0.1, 0.15) is 0 Å². The molecule has 0 N–H and O–H groups in total. The van der Waals surface area contributed by atoms with Crippen molar-refractivity contribution in [3.63, 3.8) is 0 Å². The molecule has 0 aliphatic carbocycles. The molecule has 6 nitrogen and oxygen atoms in total. The van der Waals surface area contributed by atoms with Crippen molar-refractivity contribution in [3.05, 3.63) is 64.1 Å². The van der Waals surface area contributed by atoms with E-state index in [0.29, 0.717) is 29.8 Å². The molecule has 0 radical (unpaired) electrons. The van der Waals surface area contributed by atoms with Crippen LogP contribution in [0.5, 0.6) is 0 Å². The van der Waals surface area contributed by atoms with Crippen LogP contribution in [0, 0.1) is 5.92 Å². The summed E-state index contributed by atoms with van der Waals surface area (Å²) in [6.45, 7) is 2.77. The number of piperidine rings is 1. The highest BCUT2D eigenvalue weighted by atomic mass is 16.2. The first kappa shape index (κ1) is 15.5. The van der Waals surface area contributed by atoms with Crippen molar-refractivity contribution in [3.8, 4) is 0 Å². The number of benzene rings is 1. The second-order valence-electron chi connectivity index (χ2n) is 7.45. The molecule has 26 heavy (non-hydrogen) atoms. The zero-order valence-corrected chi connectivity index (χ0v) is 14.3. The van der Waals surface area contributed by atoms with Gasteiger partial charge in [-0.25, -0.2) is 0 Å². The lowest BCUT2D eigenvalue weighted by atomic mass is 9.83. The lowest BCUT2D eigenvalue weighted by Gasteiger charge is -2.43. The van der Waals surface area contributed by atoms with Crippen LogP contribution in [-0.2, 0) is 11.3 Å². The number of rotatable bonds is 2. The first-order chi connectivity index (χ1) is 12.6. The van der Waals surface area contributed by atoms with Crippen LogP contribution in [-0.4, -0.2) is 40.9 Å². The summed E-state index contributed by atoms with van der Waals surface area (Å²) in [4.78, 5) is 40.6. The Morgan fingerprint density at radius 2 is 1.77 bits per heavy atom. The largest absolute Gasteiger partial charge is 0.312 e. The van der Waals surface area contributed by atoms with E-state index in [2.05, 4.69) is 4.90 Å². The fraction of sp³-hybridized carbons (Fsp3) is 0.350. The number of Topliss-reactive ketones (excluding diaryl/α,β-unsaturated/α-hetero) is 1. The monoisotopic (exact) mass is 349 g/mol.